The van der Waals surface area contributed by atoms with Gasteiger partial charge < -0.3 is 4.90 Å². The number of hydrogen-bond acceptors (Lipinski definition) is 3. The molecule has 1 fully saturated rings. The van der Waals surface area contributed by atoms with E-state index in [0.29, 0.717) is 6.54 Å². The summed E-state index contributed by atoms with van der Waals surface area (Å²) in [4.78, 5) is 2.29. The van der Waals surface area contributed by atoms with E-state index >= 15 is 0 Å². The van der Waals surface area contributed by atoms with Crippen LogP contribution in [0.1, 0.15) is 26.7 Å². The van der Waals surface area contributed by atoms with Crippen molar-refractivity contribution in [2.75, 3.05) is 32.4 Å². The number of hydrogen-bond donors (Lipinski definition) is 1. The van der Waals surface area contributed by atoms with E-state index in [1.807, 2.05) is 0 Å². The first-order valence-corrected chi connectivity index (χ1v) is 7.18. The van der Waals surface area contributed by atoms with Crippen molar-refractivity contribution in [1.29, 1.82) is 0 Å². The van der Waals surface area contributed by atoms with Crippen LogP contribution in [0.25, 0.3) is 0 Å². The molecule has 0 unspecified atom stereocenters. The molecule has 0 atom stereocenters. The fourth-order valence-electron chi connectivity index (χ4n) is 1.72. The van der Waals surface area contributed by atoms with Crippen molar-refractivity contribution in [2.45, 2.75) is 26.7 Å². The molecule has 1 rings (SSSR count). The van der Waals surface area contributed by atoms with Gasteiger partial charge in [0, 0.05) is 6.54 Å². The molecule has 0 bridgehead atoms. The molecule has 0 aromatic rings. The number of likely N-dealkylation sites (tertiary alicyclic amines) is 1. The van der Waals surface area contributed by atoms with Crippen LogP contribution in [0.4, 0.5) is 0 Å². The van der Waals surface area contributed by atoms with Crippen LogP contribution in [0.3, 0.4) is 0 Å². The molecule has 0 spiro atoms. The van der Waals surface area contributed by atoms with Gasteiger partial charge in [-0.05, 0) is 45.3 Å². The molecule has 1 heterocycles. The first kappa shape index (κ1) is 12.9. The van der Waals surface area contributed by atoms with Gasteiger partial charge in [0.05, 0.1) is 5.75 Å². The summed E-state index contributed by atoms with van der Waals surface area (Å²) in [5.74, 6) is 0.170. The lowest BCUT2D eigenvalue weighted by molar-refractivity contribution is 0.143. The molecule has 5 heteroatoms. The van der Waals surface area contributed by atoms with Gasteiger partial charge in [-0.1, -0.05) is 6.92 Å². The van der Waals surface area contributed by atoms with Gasteiger partial charge in [0.2, 0.25) is 10.0 Å². The molecule has 0 aromatic carbocycles. The van der Waals surface area contributed by atoms with E-state index in [4.69, 9.17) is 0 Å². The second-order valence-corrected chi connectivity index (χ2v) is 6.93. The van der Waals surface area contributed by atoms with E-state index in [9.17, 15) is 8.42 Å². The lowest BCUT2D eigenvalue weighted by Crippen LogP contribution is -2.43. The molecule has 1 aliphatic rings. The smallest absolute Gasteiger partial charge is 0.211 e. The van der Waals surface area contributed by atoms with E-state index < -0.39 is 10.0 Å². The van der Waals surface area contributed by atoms with Crippen molar-refractivity contribution in [1.82, 2.24) is 9.62 Å². The van der Waals surface area contributed by atoms with Crippen molar-refractivity contribution >= 4 is 10.0 Å². The maximum Gasteiger partial charge on any atom is 0.211 e. The average molecular weight is 234 g/mol. The van der Waals surface area contributed by atoms with Crippen LogP contribution in [0.15, 0.2) is 0 Å². The SMILES string of the molecule is CCS(=O)(=O)NCC1(C)CCN(C)CC1. The highest BCUT2D eigenvalue weighted by molar-refractivity contribution is 7.89. The van der Waals surface area contributed by atoms with Crippen molar-refractivity contribution in [3.05, 3.63) is 0 Å². The molecule has 1 N–H and O–H groups in total. The molecule has 0 radical (unpaired) electrons. The van der Waals surface area contributed by atoms with Crippen molar-refractivity contribution < 1.29 is 8.42 Å². The largest absolute Gasteiger partial charge is 0.306 e. The molecular weight excluding hydrogens is 212 g/mol. The zero-order valence-corrected chi connectivity index (χ0v) is 10.7. The Kier molecular flexibility index (Phi) is 4.14. The Labute approximate surface area is 93.1 Å². The minimum atomic E-state index is -3.03. The fraction of sp³-hybridized carbons (Fsp3) is 1.00. The minimum absolute atomic E-state index is 0.134. The normalized spacial score (nSPS) is 22.9. The summed E-state index contributed by atoms with van der Waals surface area (Å²) in [5.41, 5.74) is 0.134. The van der Waals surface area contributed by atoms with Crippen molar-refractivity contribution in [3.63, 3.8) is 0 Å². The summed E-state index contributed by atoms with van der Waals surface area (Å²) in [7, 11) is -0.927. The van der Waals surface area contributed by atoms with Crippen molar-refractivity contribution in [3.8, 4) is 0 Å². The van der Waals surface area contributed by atoms with E-state index in [2.05, 4.69) is 23.6 Å². The Hall–Kier alpha value is -0.130. The van der Waals surface area contributed by atoms with Crippen LogP contribution in [-0.4, -0.2) is 45.8 Å². The topological polar surface area (TPSA) is 49.4 Å². The van der Waals surface area contributed by atoms with Gasteiger partial charge >= 0.3 is 0 Å². The third-order valence-corrected chi connectivity index (χ3v) is 4.64. The Morgan fingerprint density at radius 1 is 1.33 bits per heavy atom. The van der Waals surface area contributed by atoms with Gasteiger partial charge in [0.1, 0.15) is 0 Å². The Morgan fingerprint density at radius 3 is 2.33 bits per heavy atom. The molecule has 0 aliphatic carbocycles. The summed E-state index contributed by atoms with van der Waals surface area (Å²) < 4.78 is 25.3. The third-order valence-electron chi connectivity index (χ3n) is 3.29. The number of nitrogens with one attached hydrogen (secondary N) is 1. The first-order valence-electron chi connectivity index (χ1n) is 5.53. The van der Waals surface area contributed by atoms with Crippen LogP contribution in [0.2, 0.25) is 0 Å². The van der Waals surface area contributed by atoms with Gasteiger partial charge in [-0.3, -0.25) is 0 Å². The van der Waals surface area contributed by atoms with E-state index in [0.717, 1.165) is 25.9 Å². The summed E-state index contributed by atoms with van der Waals surface area (Å²) in [6, 6.07) is 0. The number of rotatable bonds is 4. The van der Waals surface area contributed by atoms with E-state index in [-0.39, 0.29) is 11.2 Å². The van der Waals surface area contributed by atoms with E-state index in [1.165, 1.54) is 0 Å². The summed E-state index contributed by atoms with van der Waals surface area (Å²) in [6.45, 7) is 6.53. The number of sulfonamides is 1. The van der Waals surface area contributed by atoms with Gasteiger partial charge in [-0.15, -0.1) is 0 Å². The highest BCUT2D eigenvalue weighted by atomic mass is 32.2. The van der Waals surface area contributed by atoms with Gasteiger partial charge in [0.15, 0.2) is 0 Å². The summed E-state index contributed by atoms with van der Waals surface area (Å²) in [5, 5.41) is 0. The van der Waals surface area contributed by atoms with Crippen LogP contribution in [0, 0.1) is 5.41 Å². The summed E-state index contributed by atoms with van der Waals surface area (Å²) >= 11 is 0. The van der Waals surface area contributed by atoms with Gasteiger partial charge in [0.25, 0.3) is 0 Å². The third kappa shape index (κ3) is 4.09. The second kappa shape index (κ2) is 4.80. The van der Waals surface area contributed by atoms with Gasteiger partial charge in [-0.25, -0.2) is 13.1 Å². The highest BCUT2D eigenvalue weighted by Gasteiger charge is 2.29. The molecular formula is C10H22N2O2S. The van der Waals surface area contributed by atoms with Crippen LogP contribution >= 0.6 is 0 Å². The Balaban J connectivity index is 2.44. The number of piperidine rings is 1. The lowest BCUT2D eigenvalue weighted by Gasteiger charge is -2.37. The molecule has 0 amide bonds. The highest BCUT2D eigenvalue weighted by Crippen LogP contribution is 2.29. The Bertz CT molecular complexity index is 293. The first-order chi connectivity index (χ1) is 6.87. The minimum Gasteiger partial charge on any atom is -0.306 e. The molecule has 1 saturated heterocycles. The quantitative estimate of drug-likeness (QED) is 0.777. The fourth-order valence-corrected chi connectivity index (χ4v) is 2.49. The average Bonchev–Trinajstić information content (AvgIpc) is 2.21. The van der Waals surface area contributed by atoms with Crippen molar-refractivity contribution in [2.24, 2.45) is 5.41 Å². The van der Waals surface area contributed by atoms with Crippen LogP contribution < -0.4 is 4.72 Å². The monoisotopic (exact) mass is 234 g/mol. The molecule has 1 aliphatic heterocycles. The van der Waals surface area contributed by atoms with Crippen LogP contribution in [0.5, 0.6) is 0 Å². The molecule has 15 heavy (non-hydrogen) atoms. The maximum atomic E-state index is 11.3. The van der Waals surface area contributed by atoms with Crippen LogP contribution in [-0.2, 0) is 10.0 Å². The molecule has 4 nitrogen and oxygen atoms in total. The summed E-state index contributed by atoms with van der Waals surface area (Å²) in [6.07, 6.45) is 2.13. The van der Waals surface area contributed by atoms with E-state index in [1.54, 1.807) is 6.92 Å². The van der Waals surface area contributed by atoms with Gasteiger partial charge in [-0.2, -0.15) is 0 Å². The molecule has 0 saturated carbocycles. The number of nitrogens with zero attached hydrogens (tertiary/aromatic N) is 1. The predicted octanol–water partition coefficient (Wildman–Crippen LogP) is 0.658. The molecule has 90 valence electrons. The lowest BCUT2D eigenvalue weighted by atomic mass is 9.81. The zero-order valence-electron chi connectivity index (χ0n) is 9.91. The second-order valence-electron chi connectivity index (χ2n) is 4.84. The molecule has 0 aromatic heterocycles. The predicted molar refractivity (Wildman–Crippen MR) is 62.3 cm³/mol. The standard InChI is InChI=1S/C10H22N2O2S/c1-4-15(13,14)11-9-10(2)5-7-12(3)8-6-10/h11H,4-9H2,1-3H3. The maximum absolute atomic E-state index is 11.3. The zero-order chi connectivity index (χ0) is 11.5. The Morgan fingerprint density at radius 2 is 1.87 bits per heavy atom.